The van der Waals surface area contributed by atoms with Crippen molar-refractivity contribution in [3.8, 4) is 11.5 Å². The summed E-state index contributed by atoms with van der Waals surface area (Å²) in [5, 5.41) is 4.13. The molecule has 2 heterocycles. The largest absolute Gasteiger partial charge is 0.399 e. The Kier molecular flexibility index (Phi) is 3.69. The van der Waals surface area contributed by atoms with Gasteiger partial charge in [0, 0.05) is 53.1 Å². The van der Waals surface area contributed by atoms with Crippen molar-refractivity contribution in [2.75, 3.05) is 18.8 Å². The predicted molar refractivity (Wildman–Crippen MR) is 81.7 cm³/mol. The van der Waals surface area contributed by atoms with Gasteiger partial charge in [-0.15, -0.1) is 0 Å². The van der Waals surface area contributed by atoms with Gasteiger partial charge in [-0.05, 0) is 37.1 Å². The van der Waals surface area contributed by atoms with Gasteiger partial charge < -0.3 is 10.3 Å². The van der Waals surface area contributed by atoms with Crippen LogP contribution < -0.4 is 5.73 Å². The molecule has 0 unspecified atom stereocenters. The minimum atomic E-state index is 0.414. The fraction of sp³-hybridized carbons (Fsp3) is 0.385. The van der Waals surface area contributed by atoms with Crippen molar-refractivity contribution in [1.82, 2.24) is 13.3 Å². The Morgan fingerprint density at radius 2 is 1.89 bits per heavy atom. The SMILES string of the molecule is Nc1ccc(-c2nc(C3CCN(I)CC3)no2)cc1. The van der Waals surface area contributed by atoms with Gasteiger partial charge in [-0.1, -0.05) is 5.16 Å². The van der Waals surface area contributed by atoms with Crippen LogP contribution in [0, 0.1) is 0 Å². The first-order valence-corrected chi connectivity index (χ1v) is 7.29. The van der Waals surface area contributed by atoms with E-state index in [1.54, 1.807) is 0 Å². The Hall–Kier alpha value is -1.15. The summed E-state index contributed by atoms with van der Waals surface area (Å²) in [6, 6.07) is 7.49. The van der Waals surface area contributed by atoms with Crippen molar-refractivity contribution >= 4 is 28.6 Å². The number of anilines is 1. The van der Waals surface area contributed by atoms with Crippen molar-refractivity contribution in [3.63, 3.8) is 0 Å². The van der Waals surface area contributed by atoms with Crippen LogP contribution in [-0.2, 0) is 0 Å². The van der Waals surface area contributed by atoms with Crippen LogP contribution in [0.3, 0.4) is 0 Å². The smallest absolute Gasteiger partial charge is 0.257 e. The fourth-order valence-corrected chi connectivity index (χ4v) is 2.81. The lowest BCUT2D eigenvalue weighted by Gasteiger charge is -2.24. The number of nitrogens with two attached hydrogens (primary N) is 1. The second kappa shape index (κ2) is 5.46. The maximum absolute atomic E-state index is 5.67. The Labute approximate surface area is 125 Å². The van der Waals surface area contributed by atoms with E-state index in [-0.39, 0.29) is 0 Å². The molecule has 2 N–H and O–H groups in total. The summed E-state index contributed by atoms with van der Waals surface area (Å²) in [4.78, 5) is 4.52. The van der Waals surface area contributed by atoms with Gasteiger partial charge in [0.2, 0.25) is 0 Å². The predicted octanol–water partition coefficient (Wildman–Crippen LogP) is 2.85. The summed E-state index contributed by atoms with van der Waals surface area (Å²) in [6.07, 6.45) is 2.17. The molecule has 1 saturated heterocycles. The van der Waals surface area contributed by atoms with Crippen molar-refractivity contribution < 1.29 is 4.52 Å². The van der Waals surface area contributed by atoms with E-state index in [1.165, 1.54) is 0 Å². The normalized spacial score (nSPS) is 17.7. The molecule has 0 bridgehead atoms. The molecule has 19 heavy (non-hydrogen) atoms. The highest BCUT2D eigenvalue weighted by atomic mass is 127. The summed E-state index contributed by atoms with van der Waals surface area (Å²) in [6.45, 7) is 2.16. The van der Waals surface area contributed by atoms with Crippen LogP contribution in [0.4, 0.5) is 5.69 Å². The Bertz CT molecular complexity index is 546. The van der Waals surface area contributed by atoms with Crippen LogP contribution in [-0.4, -0.2) is 26.3 Å². The van der Waals surface area contributed by atoms with Gasteiger partial charge in [-0.2, -0.15) is 4.98 Å². The summed E-state index contributed by atoms with van der Waals surface area (Å²) >= 11 is 2.36. The zero-order valence-electron chi connectivity index (χ0n) is 10.4. The molecule has 1 fully saturated rings. The van der Waals surface area contributed by atoms with Crippen molar-refractivity contribution in [1.29, 1.82) is 0 Å². The summed E-state index contributed by atoms with van der Waals surface area (Å²) in [5.41, 5.74) is 7.32. The molecule has 1 aromatic heterocycles. The molecule has 1 aliphatic rings. The van der Waals surface area contributed by atoms with E-state index in [1.807, 2.05) is 24.3 Å². The van der Waals surface area contributed by atoms with E-state index in [0.717, 1.165) is 43.0 Å². The van der Waals surface area contributed by atoms with Crippen LogP contribution >= 0.6 is 22.9 Å². The number of benzene rings is 1. The van der Waals surface area contributed by atoms with Gasteiger partial charge in [0.15, 0.2) is 5.82 Å². The summed E-state index contributed by atoms with van der Waals surface area (Å²) in [7, 11) is 0. The van der Waals surface area contributed by atoms with Crippen LogP contribution in [0.1, 0.15) is 24.6 Å². The molecule has 2 aromatic rings. The van der Waals surface area contributed by atoms with Crippen molar-refractivity contribution in [3.05, 3.63) is 30.1 Å². The van der Waals surface area contributed by atoms with Gasteiger partial charge >= 0.3 is 0 Å². The molecule has 3 rings (SSSR count). The molecular weight excluding hydrogens is 355 g/mol. The molecule has 1 aliphatic heterocycles. The first kappa shape index (κ1) is 12.9. The summed E-state index contributed by atoms with van der Waals surface area (Å²) < 4.78 is 7.65. The topological polar surface area (TPSA) is 68.2 Å². The highest BCUT2D eigenvalue weighted by Crippen LogP contribution is 2.29. The number of hydrogen-bond donors (Lipinski definition) is 1. The first-order valence-electron chi connectivity index (χ1n) is 6.32. The molecule has 0 atom stereocenters. The molecule has 0 aliphatic carbocycles. The standard InChI is InChI=1S/C13H15IN4O/c14-18-7-5-9(6-8-18)12-16-13(19-17-12)10-1-3-11(15)4-2-10/h1-4,9H,5-8,15H2. The fourth-order valence-electron chi connectivity index (χ4n) is 2.25. The van der Waals surface area contributed by atoms with E-state index < -0.39 is 0 Å². The third-order valence-electron chi connectivity index (χ3n) is 3.40. The van der Waals surface area contributed by atoms with Crippen LogP contribution in [0.5, 0.6) is 0 Å². The second-order valence-corrected chi connectivity index (χ2v) is 6.13. The first-order chi connectivity index (χ1) is 9.22. The van der Waals surface area contributed by atoms with Gasteiger partial charge in [0.25, 0.3) is 5.89 Å². The maximum atomic E-state index is 5.67. The maximum Gasteiger partial charge on any atom is 0.257 e. The number of rotatable bonds is 2. The number of hydrogen-bond acceptors (Lipinski definition) is 5. The number of halogens is 1. The van der Waals surface area contributed by atoms with Crippen molar-refractivity contribution in [2.24, 2.45) is 0 Å². The van der Waals surface area contributed by atoms with Crippen LogP contribution in [0.25, 0.3) is 11.5 Å². The molecule has 0 radical (unpaired) electrons. The van der Waals surface area contributed by atoms with E-state index >= 15 is 0 Å². The second-order valence-electron chi connectivity index (χ2n) is 4.76. The number of nitrogens with zero attached hydrogens (tertiary/aromatic N) is 3. The quantitative estimate of drug-likeness (QED) is 0.500. The molecule has 0 amide bonds. The van der Waals surface area contributed by atoms with E-state index in [2.05, 4.69) is 36.1 Å². The highest BCUT2D eigenvalue weighted by Gasteiger charge is 2.23. The average molecular weight is 370 g/mol. The lowest BCUT2D eigenvalue weighted by Crippen LogP contribution is -2.25. The Morgan fingerprint density at radius 3 is 2.58 bits per heavy atom. The lowest BCUT2D eigenvalue weighted by molar-refractivity contribution is 0.345. The number of aromatic nitrogens is 2. The van der Waals surface area contributed by atoms with Gasteiger partial charge in [0.05, 0.1) is 0 Å². The molecule has 0 spiro atoms. The molecule has 100 valence electrons. The zero-order chi connectivity index (χ0) is 13.2. The minimum Gasteiger partial charge on any atom is -0.399 e. The zero-order valence-corrected chi connectivity index (χ0v) is 12.6. The number of nitrogen functional groups attached to an aromatic ring is 1. The van der Waals surface area contributed by atoms with Crippen LogP contribution in [0.15, 0.2) is 28.8 Å². The van der Waals surface area contributed by atoms with Gasteiger partial charge in [-0.3, -0.25) is 0 Å². The minimum absolute atomic E-state index is 0.414. The third kappa shape index (κ3) is 2.89. The Balaban J connectivity index is 1.77. The van der Waals surface area contributed by atoms with Crippen molar-refractivity contribution in [2.45, 2.75) is 18.8 Å². The van der Waals surface area contributed by atoms with Crippen LogP contribution in [0.2, 0.25) is 0 Å². The third-order valence-corrected chi connectivity index (χ3v) is 4.37. The number of piperidine rings is 1. The molecular formula is C13H15IN4O. The van der Waals surface area contributed by atoms with Gasteiger partial charge in [-0.25, -0.2) is 3.11 Å². The molecule has 5 nitrogen and oxygen atoms in total. The molecule has 1 aromatic carbocycles. The average Bonchev–Trinajstić information content (AvgIpc) is 2.90. The lowest BCUT2D eigenvalue weighted by atomic mass is 9.98. The van der Waals surface area contributed by atoms with Gasteiger partial charge in [0.1, 0.15) is 0 Å². The molecule has 0 saturated carbocycles. The van der Waals surface area contributed by atoms with E-state index in [4.69, 9.17) is 10.3 Å². The summed E-state index contributed by atoms with van der Waals surface area (Å²) in [5.74, 6) is 1.82. The monoisotopic (exact) mass is 370 g/mol. The van der Waals surface area contributed by atoms with E-state index in [9.17, 15) is 0 Å². The molecule has 6 heteroatoms. The highest BCUT2D eigenvalue weighted by molar-refractivity contribution is 14.1. The Morgan fingerprint density at radius 1 is 1.21 bits per heavy atom. The van der Waals surface area contributed by atoms with E-state index in [0.29, 0.717) is 11.8 Å².